The van der Waals surface area contributed by atoms with Gasteiger partial charge in [0.1, 0.15) is 0 Å². The molecule has 2 aromatic rings. The minimum atomic E-state index is 0.532. The van der Waals surface area contributed by atoms with Crippen LogP contribution in [-0.2, 0) is 0 Å². The van der Waals surface area contributed by atoms with Crippen molar-refractivity contribution < 1.29 is 0 Å². The third-order valence-electron chi connectivity index (χ3n) is 4.21. The number of rotatable bonds is 3. The number of para-hydroxylation sites is 1. The highest BCUT2D eigenvalue weighted by Gasteiger charge is 2.26. The second kappa shape index (κ2) is 6.45. The van der Waals surface area contributed by atoms with Crippen molar-refractivity contribution in [3.05, 3.63) is 64.6 Å². The molecule has 1 aliphatic carbocycles. The molecule has 1 aliphatic rings. The molecule has 0 aliphatic heterocycles. The lowest BCUT2D eigenvalue weighted by Crippen LogP contribution is -2.30. The van der Waals surface area contributed by atoms with Gasteiger partial charge in [-0.1, -0.05) is 55.3 Å². The normalized spacial score (nSPS) is 22.4. The Labute approximate surface area is 129 Å². The zero-order valence-corrected chi connectivity index (χ0v) is 13.1. The van der Waals surface area contributed by atoms with Gasteiger partial charge in [0, 0.05) is 22.1 Å². The first kappa shape index (κ1) is 13.7. The Bertz CT molecular complexity index is 552. The summed E-state index contributed by atoms with van der Waals surface area (Å²) in [6.07, 6.45) is 5.20. The Hall–Kier alpha value is -1.28. The fourth-order valence-corrected chi connectivity index (χ4v) is 3.58. The molecule has 0 heterocycles. The summed E-state index contributed by atoms with van der Waals surface area (Å²) in [6.45, 7) is 0. The molecule has 104 valence electrons. The smallest absolute Gasteiger partial charge is 0.0486 e. The van der Waals surface area contributed by atoms with Crippen LogP contribution in [0.5, 0.6) is 0 Å². The maximum absolute atomic E-state index is 3.75. The van der Waals surface area contributed by atoms with E-state index in [1.807, 2.05) is 0 Å². The van der Waals surface area contributed by atoms with Crippen molar-refractivity contribution in [1.29, 1.82) is 0 Å². The standard InChI is InChI=1S/C18H20BrN/c19-16-11-5-7-13-18(16)20-17-12-6-4-10-15(17)14-8-2-1-3-9-14/h1-3,5,7-9,11,13,15,17,20H,4,6,10,12H2. The molecular weight excluding hydrogens is 310 g/mol. The molecule has 2 atom stereocenters. The predicted octanol–water partition coefficient (Wildman–Crippen LogP) is 5.59. The SMILES string of the molecule is Brc1ccccc1NC1CCCCC1c1ccccc1. The molecule has 1 N–H and O–H groups in total. The van der Waals surface area contributed by atoms with Gasteiger partial charge in [0.25, 0.3) is 0 Å². The molecule has 2 heteroatoms. The van der Waals surface area contributed by atoms with E-state index in [0.717, 1.165) is 4.47 Å². The molecular formula is C18H20BrN. The van der Waals surface area contributed by atoms with Gasteiger partial charge < -0.3 is 5.32 Å². The lowest BCUT2D eigenvalue weighted by Gasteiger charge is -2.33. The maximum atomic E-state index is 3.75. The number of hydrogen-bond donors (Lipinski definition) is 1. The van der Waals surface area contributed by atoms with E-state index in [-0.39, 0.29) is 0 Å². The fourth-order valence-electron chi connectivity index (χ4n) is 3.18. The van der Waals surface area contributed by atoms with Crippen LogP contribution >= 0.6 is 15.9 Å². The van der Waals surface area contributed by atoms with E-state index in [0.29, 0.717) is 12.0 Å². The lowest BCUT2D eigenvalue weighted by atomic mass is 9.80. The van der Waals surface area contributed by atoms with Crippen molar-refractivity contribution >= 4 is 21.6 Å². The van der Waals surface area contributed by atoms with Crippen LogP contribution in [0.1, 0.15) is 37.2 Å². The monoisotopic (exact) mass is 329 g/mol. The van der Waals surface area contributed by atoms with Gasteiger partial charge in [0.2, 0.25) is 0 Å². The Morgan fingerprint density at radius 1 is 0.850 bits per heavy atom. The molecule has 20 heavy (non-hydrogen) atoms. The van der Waals surface area contributed by atoms with Gasteiger partial charge in [-0.2, -0.15) is 0 Å². The van der Waals surface area contributed by atoms with E-state index in [9.17, 15) is 0 Å². The summed E-state index contributed by atoms with van der Waals surface area (Å²) in [5, 5.41) is 3.75. The Morgan fingerprint density at radius 3 is 2.35 bits per heavy atom. The number of benzene rings is 2. The van der Waals surface area contributed by atoms with Crippen molar-refractivity contribution in [3.63, 3.8) is 0 Å². The van der Waals surface area contributed by atoms with E-state index < -0.39 is 0 Å². The molecule has 1 fully saturated rings. The third kappa shape index (κ3) is 3.06. The van der Waals surface area contributed by atoms with Gasteiger partial charge in [-0.15, -0.1) is 0 Å². The van der Waals surface area contributed by atoms with Crippen LogP contribution in [0.25, 0.3) is 0 Å². The van der Waals surface area contributed by atoms with Gasteiger partial charge in [0.05, 0.1) is 0 Å². The van der Waals surface area contributed by atoms with Crippen LogP contribution in [0.15, 0.2) is 59.1 Å². The Kier molecular flexibility index (Phi) is 4.41. The molecule has 0 amide bonds. The topological polar surface area (TPSA) is 12.0 Å². The summed E-state index contributed by atoms with van der Waals surface area (Å²) in [5.41, 5.74) is 2.68. The zero-order chi connectivity index (χ0) is 13.8. The van der Waals surface area contributed by atoms with E-state index in [1.54, 1.807) is 0 Å². The molecule has 2 aromatic carbocycles. The third-order valence-corrected chi connectivity index (χ3v) is 4.90. The maximum Gasteiger partial charge on any atom is 0.0486 e. The molecule has 0 radical (unpaired) electrons. The first-order valence-electron chi connectivity index (χ1n) is 7.40. The number of anilines is 1. The predicted molar refractivity (Wildman–Crippen MR) is 89.2 cm³/mol. The van der Waals surface area contributed by atoms with Crippen LogP contribution in [0.4, 0.5) is 5.69 Å². The lowest BCUT2D eigenvalue weighted by molar-refractivity contribution is 0.405. The van der Waals surface area contributed by atoms with Crippen molar-refractivity contribution in [2.45, 2.75) is 37.6 Å². The van der Waals surface area contributed by atoms with E-state index >= 15 is 0 Å². The van der Waals surface area contributed by atoms with Crippen molar-refractivity contribution in [1.82, 2.24) is 0 Å². The molecule has 1 nitrogen and oxygen atoms in total. The average molecular weight is 330 g/mol. The number of nitrogens with one attached hydrogen (secondary N) is 1. The van der Waals surface area contributed by atoms with Crippen molar-refractivity contribution in [2.75, 3.05) is 5.32 Å². The van der Waals surface area contributed by atoms with E-state index in [2.05, 4.69) is 75.8 Å². The highest BCUT2D eigenvalue weighted by molar-refractivity contribution is 9.10. The van der Waals surface area contributed by atoms with Crippen LogP contribution in [0.2, 0.25) is 0 Å². The number of hydrogen-bond acceptors (Lipinski definition) is 1. The van der Waals surface area contributed by atoms with E-state index in [1.165, 1.54) is 36.9 Å². The van der Waals surface area contributed by atoms with Crippen LogP contribution in [0.3, 0.4) is 0 Å². The molecule has 0 saturated heterocycles. The minimum absolute atomic E-state index is 0.532. The zero-order valence-electron chi connectivity index (χ0n) is 11.6. The van der Waals surface area contributed by atoms with Crippen LogP contribution in [0, 0.1) is 0 Å². The second-order valence-corrected chi connectivity index (χ2v) is 6.39. The summed E-state index contributed by atoms with van der Waals surface area (Å²) < 4.78 is 1.15. The van der Waals surface area contributed by atoms with Gasteiger partial charge in [-0.05, 0) is 46.5 Å². The largest absolute Gasteiger partial charge is 0.381 e. The molecule has 2 unspecified atom stereocenters. The number of halogens is 1. The quantitative estimate of drug-likeness (QED) is 0.774. The van der Waals surface area contributed by atoms with Gasteiger partial charge in [-0.3, -0.25) is 0 Å². The van der Waals surface area contributed by atoms with Crippen LogP contribution in [-0.4, -0.2) is 6.04 Å². The fraction of sp³-hybridized carbons (Fsp3) is 0.333. The molecule has 1 saturated carbocycles. The highest BCUT2D eigenvalue weighted by atomic mass is 79.9. The highest BCUT2D eigenvalue weighted by Crippen LogP contribution is 2.36. The summed E-state index contributed by atoms with van der Waals surface area (Å²) in [6, 6.07) is 19.9. The summed E-state index contributed by atoms with van der Waals surface area (Å²) in [7, 11) is 0. The molecule has 0 spiro atoms. The first-order valence-corrected chi connectivity index (χ1v) is 8.20. The van der Waals surface area contributed by atoms with Gasteiger partial charge in [-0.25, -0.2) is 0 Å². The van der Waals surface area contributed by atoms with Gasteiger partial charge >= 0.3 is 0 Å². The summed E-state index contributed by atoms with van der Waals surface area (Å²) in [5.74, 6) is 0.622. The van der Waals surface area contributed by atoms with Crippen molar-refractivity contribution in [3.8, 4) is 0 Å². The van der Waals surface area contributed by atoms with Gasteiger partial charge in [0.15, 0.2) is 0 Å². The second-order valence-electron chi connectivity index (χ2n) is 5.53. The van der Waals surface area contributed by atoms with Crippen molar-refractivity contribution in [2.24, 2.45) is 0 Å². The molecule has 3 rings (SSSR count). The van der Waals surface area contributed by atoms with Crippen LogP contribution < -0.4 is 5.32 Å². The summed E-state index contributed by atoms with van der Waals surface area (Å²) in [4.78, 5) is 0. The Balaban J connectivity index is 1.81. The minimum Gasteiger partial charge on any atom is -0.381 e. The Morgan fingerprint density at radius 2 is 1.55 bits per heavy atom. The first-order chi connectivity index (χ1) is 9.84. The molecule has 0 bridgehead atoms. The average Bonchev–Trinajstić information content (AvgIpc) is 2.51. The molecule has 0 aromatic heterocycles. The van der Waals surface area contributed by atoms with E-state index in [4.69, 9.17) is 0 Å². The summed E-state index contributed by atoms with van der Waals surface area (Å²) >= 11 is 3.64.